The van der Waals surface area contributed by atoms with Crippen LogP contribution in [0.3, 0.4) is 0 Å². The molecule has 2 atom stereocenters. The van der Waals surface area contributed by atoms with Crippen LogP contribution in [0.5, 0.6) is 0 Å². The molecular formula is C16H23NO2. The Morgan fingerprint density at radius 1 is 1.47 bits per heavy atom. The zero-order valence-corrected chi connectivity index (χ0v) is 11.8. The van der Waals surface area contributed by atoms with Crippen molar-refractivity contribution in [2.24, 2.45) is 0 Å². The van der Waals surface area contributed by atoms with Crippen molar-refractivity contribution in [2.45, 2.75) is 51.0 Å². The lowest BCUT2D eigenvalue weighted by molar-refractivity contribution is -0.127. The van der Waals surface area contributed by atoms with Crippen molar-refractivity contribution in [2.75, 3.05) is 6.61 Å². The Bertz CT molecular complexity index is 458. The van der Waals surface area contributed by atoms with E-state index in [0.717, 1.165) is 24.8 Å². The monoisotopic (exact) mass is 261 g/mol. The van der Waals surface area contributed by atoms with E-state index in [-0.39, 0.29) is 18.6 Å². The molecule has 19 heavy (non-hydrogen) atoms. The van der Waals surface area contributed by atoms with Crippen molar-refractivity contribution >= 4 is 5.91 Å². The Labute approximate surface area is 115 Å². The molecule has 0 aromatic heterocycles. The Morgan fingerprint density at radius 3 is 2.95 bits per heavy atom. The highest BCUT2D eigenvalue weighted by Crippen LogP contribution is 2.37. The van der Waals surface area contributed by atoms with Gasteiger partial charge >= 0.3 is 0 Å². The fourth-order valence-electron chi connectivity index (χ4n) is 2.93. The maximum absolute atomic E-state index is 12.6. The largest absolute Gasteiger partial charge is 0.396 e. The molecule has 2 N–H and O–H groups in total. The van der Waals surface area contributed by atoms with Crippen molar-refractivity contribution in [1.29, 1.82) is 0 Å². The van der Waals surface area contributed by atoms with Gasteiger partial charge in [-0.25, -0.2) is 0 Å². The first-order valence-corrected chi connectivity index (χ1v) is 7.08. The summed E-state index contributed by atoms with van der Waals surface area (Å²) in [6, 6.07) is 8.26. The summed E-state index contributed by atoms with van der Waals surface area (Å²) in [4.78, 5) is 12.6. The molecule has 0 saturated carbocycles. The van der Waals surface area contributed by atoms with Gasteiger partial charge in [-0.2, -0.15) is 0 Å². The van der Waals surface area contributed by atoms with Crippen molar-refractivity contribution in [1.82, 2.24) is 5.32 Å². The minimum atomic E-state index is -0.432. The van der Waals surface area contributed by atoms with Crippen molar-refractivity contribution < 1.29 is 9.90 Å². The quantitative estimate of drug-likeness (QED) is 0.872. The van der Waals surface area contributed by atoms with Crippen molar-refractivity contribution in [3.63, 3.8) is 0 Å². The van der Waals surface area contributed by atoms with E-state index in [1.807, 2.05) is 26.0 Å². The molecule has 0 bridgehead atoms. The summed E-state index contributed by atoms with van der Waals surface area (Å²) in [5, 5.41) is 12.0. The van der Waals surface area contributed by atoms with Crippen LogP contribution >= 0.6 is 0 Å². The van der Waals surface area contributed by atoms with Crippen LogP contribution in [0.1, 0.15) is 44.2 Å². The highest BCUT2D eigenvalue weighted by Gasteiger charge is 2.38. The predicted molar refractivity (Wildman–Crippen MR) is 76.0 cm³/mol. The summed E-state index contributed by atoms with van der Waals surface area (Å²) in [6.45, 7) is 4.08. The number of aryl methyl sites for hydroxylation is 1. The predicted octanol–water partition coefficient (Wildman–Crippen LogP) is 2.17. The van der Waals surface area contributed by atoms with Crippen LogP contribution in [-0.4, -0.2) is 23.7 Å². The summed E-state index contributed by atoms with van der Waals surface area (Å²) < 4.78 is 0. The maximum atomic E-state index is 12.6. The molecule has 3 heteroatoms. The van der Waals surface area contributed by atoms with Gasteiger partial charge in [0.15, 0.2) is 0 Å². The van der Waals surface area contributed by atoms with Gasteiger partial charge in [-0.3, -0.25) is 4.79 Å². The van der Waals surface area contributed by atoms with E-state index < -0.39 is 5.41 Å². The van der Waals surface area contributed by atoms with Gasteiger partial charge in [-0.05, 0) is 50.7 Å². The molecule has 1 aromatic carbocycles. The number of benzene rings is 1. The number of amides is 1. The first-order valence-electron chi connectivity index (χ1n) is 7.08. The Balaban J connectivity index is 2.21. The first-order chi connectivity index (χ1) is 9.08. The molecule has 0 spiro atoms. The summed E-state index contributed by atoms with van der Waals surface area (Å²) in [5.41, 5.74) is 2.02. The highest BCUT2D eigenvalue weighted by atomic mass is 16.3. The van der Waals surface area contributed by atoms with Gasteiger partial charge in [0.05, 0.1) is 5.41 Å². The lowest BCUT2D eigenvalue weighted by Gasteiger charge is -2.35. The van der Waals surface area contributed by atoms with Crippen LogP contribution in [0.2, 0.25) is 0 Å². The molecular weight excluding hydrogens is 238 g/mol. The lowest BCUT2D eigenvalue weighted by atomic mass is 9.70. The number of carbonyl (C=O) groups excluding carboxylic acids is 1. The van der Waals surface area contributed by atoms with E-state index in [1.165, 1.54) is 5.56 Å². The topological polar surface area (TPSA) is 49.3 Å². The van der Waals surface area contributed by atoms with Crippen molar-refractivity contribution in [3.05, 3.63) is 35.4 Å². The second-order valence-corrected chi connectivity index (χ2v) is 5.73. The highest BCUT2D eigenvalue weighted by molar-refractivity contribution is 5.88. The Morgan fingerprint density at radius 2 is 2.21 bits per heavy atom. The summed E-state index contributed by atoms with van der Waals surface area (Å²) in [5.74, 6) is 0.0839. The van der Waals surface area contributed by atoms with Crippen LogP contribution < -0.4 is 5.32 Å². The minimum Gasteiger partial charge on any atom is -0.396 e. The van der Waals surface area contributed by atoms with Crippen LogP contribution in [0.15, 0.2) is 24.3 Å². The van der Waals surface area contributed by atoms with E-state index >= 15 is 0 Å². The SMILES string of the molecule is C[C@H](CCO)NC(=O)C1(C)CCCc2ccccc21. The molecule has 1 unspecified atom stereocenters. The molecule has 104 valence electrons. The molecule has 1 aliphatic rings. The van der Waals surface area contributed by atoms with Crippen LogP contribution in [-0.2, 0) is 16.6 Å². The number of hydrogen-bond acceptors (Lipinski definition) is 2. The van der Waals surface area contributed by atoms with Gasteiger partial charge in [-0.15, -0.1) is 0 Å². The van der Waals surface area contributed by atoms with Gasteiger partial charge in [0, 0.05) is 12.6 Å². The number of carbonyl (C=O) groups is 1. The molecule has 3 nitrogen and oxygen atoms in total. The standard InChI is InChI=1S/C16H23NO2/c1-12(9-11-18)17-15(19)16(2)10-5-7-13-6-3-4-8-14(13)16/h3-4,6,8,12,18H,5,7,9-11H2,1-2H3,(H,17,19)/t12-,16?/m1/s1. The Hall–Kier alpha value is -1.35. The number of aliphatic hydroxyl groups is 1. The number of aliphatic hydroxyl groups excluding tert-OH is 1. The van der Waals surface area contributed by atoms with Gasteiger partial charge in [-0.1, -0.05) is 24.3 Å². The fraction of sp³-hybridized carbons (Fsp3) is 0.562. The molecule has 0 aliphatic heterocycles. The molecule has 0 radical (unpaired) electrons. The maximum Gasteiger partial charge on any atom is 0.230 e. The third-order valence-corrected chi connectivity index (χ3v) is 4.18. The molecule has 2 rings (SSSR count). The summed E-state index contributed by atoms with van der Waals surface area (Å²) in [6.07, 6.45) is 3.60. The average Bonchev–Trinajstić information content (AvgIpc) is 2.39. The van der Waals surface area contributed by atoms with Crippen LogP contribution in [0.25, 0.3) is 0 Å². The number of hydrogen-bond donors (Lipinski definition) is 2. The zero-order chi connectivity index (χ0) is 13.9. The number of rotatable bonds is 4. The van der Waals surface area contributed by atoms with E-state index in [2.05, 4.69) is 17.4 Å². The van der Waals surface area contributed by atoms with Gasteiger partial charge < -0.3 is 10.4 Å². The average molecular weight is 261 g/mol. The second-order valence-electron chi connectivity index (χ2n) is 5.73. The van der Waals surface area contributed by atoms with Crippen LogP contribution in [0.4, 0.5) is 0 Å². The first kappa shape index (κ1) is 14.1. The molecule has 1 amide bonds. The number of nitrogens with one attached hydrogen (secondary N) is 1. The third-order valence-electron chi connectivity index (χ3n) is 4.18. The lowest BCUT2D eigenvalue weighted by Crippen LogP contribution is -2.47. The molecule has 1 aliphatic carbocycles. The second kappa shape index (κ2) is 5.74. The van der Waals surface area contributed by atoms with E-state index in [1.54, 1.807) is 0 Å². The van der Waals surface area contributed by atoms with E-state index in [4.69, 9.17) is 5.11 Å². The van der Waals surface area contributed by atoms with E-state index in [0.29, 0.717) is 6.42 Å². The zero-order valence-electron chi connectivity index (χ0n) is 11.8. The normalized spacial score (nSPS) is 23.5. The molecule has 1 aromatic rings. The summed E-state index contributed by atoms with van der Waals surface area (Å²) in [7, 11) is 0. The third kappa shape index (κ3) is 2.81. The van der Waals surface area contributed by atoms with Gasteiger partial charge in [0.1, 0.15) is 0 Å². The number of fused-ring (bicyclic) bond motifs is 1. The minimum absolute atomic E-state index is 0.0170. The molecule has 0 fully saturated rings. The van der Waals surface area contributed by atoms with E-state index in [9.17, 15) is 4.79 Å². The van der Waals surface area contributed by atoms with Gasteiger partial charge in [0.2, 0.25) is 5.91 Å². The fourth-order valence-corrected chi connectivity index (χ4v) is 2.93. The Kier molecular flexibility index (Phi) is 4.25. The molecule has 0 heterocycles. The van der Waals surface area contributed by atoms with Crippen LogP contribution in [0, 0.1) is 0 Å². The molecule has 0 saturated heterocycles. The smallest absolute Gasteiger partial charge is 0.230 e. The van der Waals surface area contributed by atoms with Gasteiger partial charge in [0.25, 0.3) is 0 Å². The van der Waals surface area contributed by atoms with Crippen molar-refractivity contribution in [3.8, 4) is 0 Å². The summed E-state index contributed by atoms with van der Waals surface area (Å²) >= 11 is 0.